The molecule has 1 aliphatic carbocycles. The SMILES string of the molecule is CC(C)CC1CC2(CCN(C(C)C)C2)C1. The van der Waals surface area contributed by atoms with Gasteiger partial charge in [-0.25, -0.2) is 0 Å². The van der Waals surface area contributed by atoms with E-state index in [1.165, 1.54) is 38.8 Å². The van der Waals surface area contributed by atoms with Crippen molar-refractivity contribution in [2.45, 2.75) is 59.4 Å². The largest absolute Gasteiger partial charge is 0.300 e. The highest BCUT2D eigenvalue weighted by atomic mass is 15.2. The van der Waals surface area contributed by atoms with Crippen LogP contribution < -0.4 is 0 Å². The normalized spacial score (nSPS) is 36.8. The summed E-state index contributed by atoms with van der Waals surface area (Å²) in [5, 5.41) is 0. The Bertz CT molecular complexity index is 213. The Balaban J connectivity index is 1.78. The van der Waals surface area contributed by atoms with Crippen LogP contribution in [0.5, 0.6) is 0 Å². The van der Waals surface area contributed by atoms with Gasteiger partial charge in [0, 0.05) is 12.6 Å². The molecule has 1 aliphatic heterocycles. The number of nitrogens with zero attached hydrogens (tertiary/aromatic N) is 1. The maximum absolute atomic E-state index is 2.67. The molecule has 1 heterocycles. The summed E-state index contributed by atoms with van der Waals surface area (Å²) in [7, 11) is 0. The molecule has 2 fully saturated rings. The van der Waals surface area contributed by atoms with Crippen molar-refractivity contribution in [1.82, 2.24) is 4.90 Å². The van der Waals surface area contributed by atoms with E-state index >= 15 is 0 Å². The van der Waals surface area contributed by atoms with Crippen LogP contribution in [-0.4, -0.2) is 24.0 Å². The van der Waals surface area contributed by atoms with Crippen LogP contribution in [-0.2, 0) is 0 Å². The zero-order chi connectivity index (χ0) is 11.1. The van der Waals surface area contributed by atoms with Gasteiger partial charge in [-0.05, 0) is 63.3 Å². The van der Waals surface area contributed by atoms with Crippen LogP contribution in [0.15, 0.2) is 0 Å². The Morgan fingerprint density at radius 2 is 1.87 bits per heavy atom. The van der Waals surface area contributed by atoms with Crippen molar-refractivity contribution in [1.29, 1.82) is 0 Å². The van der Waals surface area contributed by atoms with Crippen LogP contribution in [0.4, 0.5) is 0 Å². The van der Waals surface area contributed by atoms with E-state index in [1.54, 1.807) is 0 Å². The zero-order valence-corrected chi connectivity index (χ0v) is 10.9. The molecule has 15 heavy (non-hydrogen) atoms. The molecule has 0 aromatic heterocycles. The molecule has 0 unspecified atom stereocenters. The van der Waals surface area contributed by atoms with Gasteiger partial charge in [0.1, 0.15) is 0 Å². The molecule has 1 nitrogen and oxygen atoms in total. The third kappa shape index (κ3) is 2.38. The second-order valence-electron chi connectivity index (χ2n) is 6.72. The van der Waals surface area contributed by atoms with Gasteiger partial charge >= 0.3 is 0 Å². The summed E-state index contributed by atoms with van der Waals surface area (Å²) in [5.74, 6) is 1.95. The first kappa shape index (κ1) is 11.4. The van der Waals surface area contributed by atoms with Crippen LogP contribution in [0.1, 0.15) is 53.4 Å². The predicted octanol–water partition coefficient (Wildman–Crippen LogP) is 3.54. The summed E-state index contributed by atoms with van der Waals surface area (Å²) in [6.07, 6.45) is 5.98. The van der Waals surface area contributed by atoms with Crippen molar-refractivity contribution < 1.29 is 0 Å². The topological polar surface area (TPSA) is 3.24 Å². The van der Waals surface area contributed by atoms with Crippen LogP contribution in [0.3, 0.4) is 0 Å². The van der Waals surface area contributed by atoms with Gasteiger partial charge in [-0.3, -0.25) is 0 Å². The second-order valence-corrected chi connectivity index (χ2v) is 6.72. The van der Waals surface area contributed by atoms with Crippen molar-refractivity contribution in [2.75, 3.05) is 13.1 Å². The number of likely N-dealkylation sites (tertiary alicyclic amines) is 1. The van der Waals surface area contributed by atoms with Crippen LogP contribution in [0.2, 0.25) is 0 Å². The molecule has 88 valence electrons. The van der Waals surface area contributed by atoms with Crippen LogP contribution in [0, 0.1) is 17.3 Å². The highest BCUT2D eigenvalue weighted by molar-refractivity contribution is 5.00. The molecule has 1 saturated heterocycles. The fourth-order valence-corrected chi connectivity index (χ4v) is 3.74. The molecule has 1 saturated carbocycles. The van der Waals surface area contributed by atoms with Crippen molar-refractivity contribution in [3.05, 3.63) is 0 Å². The molecule has 0 atom stereocenters. The molecule has 0 N–H and O–H groups in total. The third-order valence-electron chi connectivity index (χ3n) is 4.45. The summed E-state index contributed by atoms with van der Waals surface area (Å²) in [6, 6.07) is 0.758. The Labute approximate surface area is 95.2 Å². The average Bonchev–Trinajstić information content (AvgIpc) is 2.47. The van der Waals surface area contributed by atoms with Gasteiger partial charge in [-0.15, -0.1) is 0 Å². The van der Waals surface area contributed by atoms with Gasteiger partial charge in [0.25, 0.3) is 0 Å². The Hall–Kier alpha value is -0.0400. The number of hydrogen-bond acceptors (Lipinski definition) is 1. The lowest BCUT2D eigenvalue weighted by molar-refractivity contribution is 0.0464. The lowest BCUT2D eigenvalue weighted by Gasteiger charge is -2.46. The second kappa shape index (κ2) is 4.08. The first-order valence-corrected chi connectivity index (χ1v) is 6.75. The molecule has 1 spiro atoms. The summed E-state index contributed by atoms with van der Waals surface area (Å²) >= 11 is 0. The van der Waals surface area contributed by atoms with E-state index < -0.39 is 0 Å². The van der Waals surface area contributed by atoms with E-state index in [0.717, 1.165) is 23.3 Å². The molecule has 0 bridgehead atoms. The van der Waals surface area contributed by atoms with Gasteiger partial charge in [-0.1, -0.05) is 13.8 Å². The molecule has 2 rings (SSSR count). The van der Waals surface area contributed by atoms with Gasteiger partial charge in [-0.2, -0.15) is 0 Å². The van der Waals surface area contributed by atoms with Crippen molar-refractivity contribution in [3.8, 4) is 0 Å². The fourth-order valence-electron chi connectivity index (χ4n) is 3.74. The Morgan fingerprint density at radius 1 is 1.20 bits per heavy atom. The van der Waals surface area contributed by atoms with Crippen LogP contribution >= 0.6 is 0 Å². The molecule has 0 radical (unpaired) electrons. The van der Waals surface area contributed by atoms with E-state index in [4.69, 9.17) is 0 Å². The molecule has 0 amide bonds. The molecule has 1 heteroatoms. The van der Waals surface area contributed by atoms with Crippen molar-refractivity contribution in [2.24, 2.45) is 17.3 Å². The van der Waals surface area contributed by atoms with Crippen LogP contribution in [0.25, 0.3) is 0 Å². The van der Waals surface area contributed by atoms with Gasteiger partial charge in [0.05, 0.1) is 0 Å². The summed E-state index contributed by atoms with van der Waals surface area (Å²) in [6.45, 7) is 12.1. The first-order valence-electron chi connectivity index (χ1n) is 6.75. The predicted molar refractivity (Wildman–Crippen MR) is 65.9 cm³/mol. The van der Waals surface area contributed by atoms with E-state index in [2.05, 4.69) is 32.6 Å². The highest BCUT2D eigenvalue weighted by Crippen LogP contribution is 2.53. The number of rotatable bonds is 3. The molecule has 0 aromatic carbocycles. The van der Waals surface area contributed by atoms with Gasteiger partial charge in [0.2, 0.25) is 0 Å². The first-order chi connectivity index (χ1) is 7.01. The minimum Gasteiger partial charge on any atom is -0.300 e. The summed E-state index contributed by atoms with van der Waals surface area (Å²) in [4.78, 5) is 2.67. The highest BCUT2D eigenvalue weighted by Gasteiger charge is 2.48. The van der Waals surface area contributed by atoms with E-state index in [9.17, 15) is 0 Å². The van der Waals surface area contributed by atoms with Gasteiger partial charge in [0.15, 0.2) is 0 Å². The maximum atomic E-state index is 2.67. The van der Waals surface area contributed by atoms with E-state index in [-0.39, 0.29) is 0 Å². The van der Waals surface area contributed by atoms with Crippen molar-refractivity contribution >= 4 is 0 Å². The van der Waals surface area contributed by atoms with E-state index in [1.807, 2.05) is 0 Å². The summed E-state index contributed by atoms with van der Waals surface area (Å²) in [5.41, 5.74) is 0.754. The molecular weight excluding hydrogens is 182 g/mol. The van der Waals surface area contributed by atoms with Gasteiger partial charge < -0.3 is 4.90 Å². The molecular formula is C14H27N. The lowest BCUT2D eigenvalue weighted by atomic mass is 9.59. The Kier molecular flexibility index (Phi) is 3.12. The standard InChI is InChI=1S/C14H27N/c1-11(2)7-13-8-14(9-13)5-6-15(10-14)12(3)4/h11-13H,5-10H2,1-4H3. The number of hydrogen-bond donors (Lipinski definition) is 0. The minimum atomic E-state index is 0.754. The monoisotopic (exact) mass is 209 g/mol. The molecule has 2 aliphatic rings. The lowest BCUT2D eigenvalue weighted by Crippen LogP contribution is -2.41. The summed E-state index contributed by atoms with van der Waals surface area (Å²) < 4.78 is 0. The van der Waals surface area contributed by atoms with Crippen molar-refractivity contribution in [3.63, 3.8) is 0 Å². The average molecular weight is 209 g/mol. The smallest absolute Gasteiger partial charge is 0.00414 e. The Morgan fingerprint density at radius 3 is 2.33 bits per heavy atom. The zero-order valence-electron chi connectivity index (χ0n) is 10.9. The third-order valence-corrected chi connectivity index (χ3v) is 4.45. The van der Waals surface area contributed by atoms with E-state index in [0.29, 0.717) is 0 Å². The molecule has 0 aromatic rings. The maximum Gasteiger partial charge on any atom is 0.00414 e. The quantitative estimate of drug-likeness (QED) is 0.687. The fraction of sp³-hybridized carbons (Fsp3) is 1.00. The minimum absolute atomic E-state index is 0.754.